The van der Waals surface area contributed by atoms with Gasteiger partial charge in [-0.15, -0.1) is 0 Å². The number of aromatic nitrogens is 1. The van der Waals surface area contributed by atoms with E-state index in [9.17, 15) is 18.8 Å². The Hall–Kier alpha value is -4.72. The molecule has 36 heavy (non-hydrogen) atoms. The number of H-pyrrole nitrogens is 1. The number of nitrogens with zero attached hydrogens (tertiary/aromatic N) is 1. The van der Waals surface area contributed by atoms with Crippen molar-refractivity contribution in [1.29, 1.82) is 0 Å². The fourth-order valence-corrected chi connectivity index (χ4v) is 4.49. The van der Waals surface area contributed by atoms with Gasteiger partial charge in [0.1, 0.15) is 11.9 Å². The zero-order valence-corrected chi connectivity index (χ0v) is 19.4. The Morgan fingerprint density at radius 3 is 2.64 bits per heavy atom. The molecule has 0 aliphatic carbocycles. The summed E-state index contributed by atoms with van der Waals surface area (Å²) >= 11 is 0. The van der Waals surface area contributed by atoms with Crippen LogP contribution in [0.3, 0.4) is 0 Å². The maximum atomic E-state index is 13.4. The summed E-state index contributed by atoms with van der Waals surface area (Å²) in [5.74, 6) is -1.12. The average molecular weight is 483 g/mol. The number of halogens is 1. The Morgan fingerprint density at radius 1 is 1.11 bits per heavy atom. The van der Waals surface area contributed by atoms with Crippen LogP contribution in [0.2, 0.25) is 0 Å². The molecule has 0 bridgehead atoms. The fraction of sp³-hybridized carbons (Fsp3) is 0.107. The zero-order chi connectivity index (χ0) is 25.2. The van der Waals surface area contributed by atoms with Crippen LogP contribution in [0.25, 0.3) is 11.6 Å². The molecule has 0 radical (unpaired) electrons. The lowest BCUT2D eigenvalue weighted by Gasteiger charge is -2.31. The van der Waals surface area contributed by atoms with Crippen LogP contribution in [-0.2, 0) is 14.4 Å². The summed E-state index contributed by atoms with van der Waals surface area (Å²) in [5.41, 5.74) is 4.01. The standard InChI is InChI=1S/C28H23FN4O3/c1-17(34)26(18-9-11-20(29)12-10-18)33-14-4-5-19(16-33)27(35)31-23-7-2-8-24-25(23)22(28(36)32-24)15-21-6-3-13-30-21/h2-15,26,30H,16H2,1H3,(H,31,35)(H,32,36)/b22-15-. The van der Waals surface area contributed by atoms with Crippen molar-refractivity contribution in [3.8, 4) is 0 Å². The third-order valence-corrected chi connectivity index (χ3v) is 6.12. The Labute approximate surface area is 207 Å². The van der Waals surface area contributed by atoms with Gasteiger partial charge in [-0.25, -0.2) is 4.39 Å². The fourth-order valence-electron chi connectivity index (χ4n) is 4.49. The number of benzene rings is 2. The molecule has 2 aliphatic rings. The van der Waals surface area contributed by atoms with E-state index in [4.69, 9.17) is 0 Å². The molecule has 0 saturated carbocycles. The maximum Gasteiger partial charge on any atom is 0.256 e. The number of aromatic amines is 1. The molecule has 2 aromatic carbocycles. The summed E-state index contributed by atoms with van der Waals surface area (Å²) < 4.78 is 13.4. The predicted octanol–water partition coefficient (Wildman–Crippen LogP) is 4.67. The first kappa shape index (κ1) is 23.0. The number of carbonyl (C=O) groups is 3. The number of amides is 2. The lowest BCUT2D eigenvalue weighted by atomic mass is 9.99. The van der Waals surface area contributed by atoms with E-state index in [0.717, 1.165) is 5.69 Å². The molecule has 3 heterocycles. The van der Waals surface area contributed by atoms with E-state index < -0.39 is 6.04 Å². The monoisotopic (exact) mass is 482 g/mol. The van der Waals surface area contributed by atoms with Crippen molar-refractivity contribution >= 4 is 40.6 Å². The number of hydrogen-bond donors (Lipinski definition) is 3. The number of allylic oxidation sites excluding steroid dienone is 2. The summed E-state index contributed by atoms with van der Waals surface area (Å²) in [6.45, 7) is 1.65. The third kappa shape index (κ3) is 4.48. The van der Waals surface area contributed by atoms with Crippen LogP contribution in [0, 0.1) is 5.82 Å². The number of Topliss-reactive ketones (excluding diaryl/α,β-unsaturated/α-hetero) is 1. The van der Waals surface area contributed by atoms with Crippen LogP contribution in [0.1, 0.15) is 29.8 Å². The quantitative estimate of drug-likeness (QED) is 0.445. The first-order chi connectivity index (χ1) is 17.4. The Balaban J connectivity index is 1.39. The van der Waals surface area contributed by atoms with Gasteiger partial charge in [0.25, 0.3) is 11.8 Å². The number of nitrogens with one attached hydrogen (secondary N) is 3. The highest BCUT2D eigenvalue weighted by atomic mass is 19.1. The van der Waals surface area contributed by atoms with E-state index in [1.807, 2.05) is 12.1 Å². The number of anilines is 2. The number of fused-ring (bicyclic) bond motifs is 1. The van der Waals surface area contributed by atoms with Crippen LogP contribution in [-0.4, -0.2) is 34.0 Å². The van der Waals surface area contributed by atoms with Crippen LogP contribution < -0.4 is 10.6 Å². The third-order valence-electron chi connectivity index (χ3n) is 6.12. The van der Waals surface area contributed by atoms with Gasteiger partial charge in [-0.3, -0.25) is 14.4 Å². The minimum absolute atomic E-state index is 0.127. The van der Waals surface area contributed by atoms with Crippen molar-refractivity contribution in [2.24, 2.45) is 0 Å². The van der Waals surface area contributed by atoms with Crippen molar-refractivity contribution in [3.63, 3.8) is 0 Å². The molecule has 0 saturated heterocycles. The lowest BCUT2D eigenvalue weighted by molar-refractivity contribution is -0.122. The highest BCUT2D eigenvalue weighted by molar-refractivity contribution is 6.36. The second kappa shape index (κ2) is 9.50. The van der Waals surface area contributed by atoms with E-state index >= 15 is 0 Å². The first-order valence-corrected chi connectivity index (χ1v) is 11.4. The minimum atomic E-state index is -0.656. The second-order valence-electron chi connectivity index (χ2n) is 8.59. The normalized spacial score (nSPS) is 16.4. The van der Waals surface area contributed by atoms with E-state index in [2.05, 4.69) is 15.6 Å². The van der Waals surface area contributed by atoms with Gasteiger partial charge in [-0.1, -0.05) is 24.3 Å². The van der Waals surface area contributed by atoms with Gasteiger partial charge < -0.3 is 20.5 Å². The predicted molar refractivity (Wildman–Crippen MR) is 136 cm³/mol. The molecule has 0 spiro atoms. The second-order valence-corrected chi connectivity index (χ2v) is 8.59. The van der Waals surface area contributed by atoms with E-state index in [0.29, 0.717) is 33.6 Å². The molecule has 0 fully saturated rings. The van der Waals surface area contributed by atoms with Gasteiger partial charge in [-0.2, -0.15) is 0 Å². The maximum absolute atomic E-state index is 13.4. The first-order valence-electron chi connectivity index (χ1n) is 11.4. The molecule has 1 aromatic heterocycles. The van der Waals surface area contributed by atoms with Crippen molar-refractivity contribution < 1.29 is 18.8 Å². The SMILES string of the molecule is CC(=O)C(c1ccc(F)cc1)N1C=CC=C(C(=O)Nc2cccc3c2/C(=C/c2ccc[nH]2)C(=O)N3)C1. The lowest BCUT2D eigenvalue weighted by Crippen LogP contribution is -2.34. The molecule has 7 nitrogen and oxygen atoms in total. The smallest absolute Gasteiger partial charge is 0.256 e. The van der Waals surface area contributed by atoms with Crippen LogP contribution in [0.5, 0.6) is 0 Å². The van der Waals surface area contributed by atoms with Crippen molar-refractivity contribution in [2.75, 3.05) is 17.2 Å². The van der Waals surface area contributed by atoms with Crippen molar-refractivity contribution in [2.45, 2.75) is 13.0 Å². The molecule has 3 aromatic rings. The number of carbonyl (C=O) groups excluding carboxylic acids is 3. The summed E-state index contributed by atoms with van der Waals surface area (Å²) in [6, 6.07) is 14.1. The van der Waals surface area contributed by atoms with Gasteiger partial charge in [0.2, 0.25) is 0 Å². The molecule has 2 aliphatic heterocycles. The van der Waals surface area contributed by atoms with Crippen LogP contribution in [0.4, 0.5) is 15.8 Å². The van der Waals surface area contributed by atoms with E-state index in [-0.39, 0.29) is 30.0 Å². The van der Waals surface area contributed by atoms with E-state index in [1.165, 1.54) is 19.1 Å². The van der Waals surface area contributed by atoms with Gasteiger partial charge in [0, 0.05) is 35.8 Å². The highest BCUT2D eigenvalue weighted by Crippen LogP contribution is 2.38. The summed E-state index contributed by atoms with van der Waals surface area (Å²) in [5, 5.41) is 5.77. The molecule has 3 N–H and O–H groups in total. The van der Waals surface area contributed by atoms with Crippen molar-refractivity contribution in [3.05, 3.63) is 107 Å². The van der Waals surface area contributed by atoms with Gasteiger partial charge in [-0.05, 0) is 61.0 Å². The molecule has 5 rings (SSSR count). The molecular weight excluding hydrogens is 459 g/mol. The van der Waals surface area contributed by atoms with E-state index in [1.54, 1.807) is 65.9 Å². The number of hydrogen-bond acceptors (Lipinski definition) is 4. The van der Waals surface area contributed by atoms with Gasteiger partial charge >= 0.3 is 0 Å². The summed E-state index contributed by atoms with van der Waals surface area (Å²) in [7, 11) is 0. The van der Waals surface area contributed by atoms with Crippen LogP contribution in [0.15, 0.2) is 84.7 Å². The Bertz CT molecular complexity index is 1440. The summed E-state index contributed by atoms with van der Waals surface area (Å²) in [6.07, 6.45) is 8.64. The molecule has 2 amide bonds. The zero-order valence-electron chi connectivity index (χ0n) is 19.4. The highest BCUT2D eigenvalue weighted by Gasteiger charge is 2.29. The summed E-state index contributed by atoms with van der Waals surface area (Å²) in [4.78, 5) is 43.2. The molecule has 8 heteroatoms. The number of rotatable bonds is 6. The van der Waals surface area contributed by atoms with Crippen molar-refractivity contribution in [1.82, 2.24) is 9.88 Å². The Kier molecular flexibility index (Phi) is 6.08. The largest absolute Gasteiger partial charge is 0.362 e. The average Bonchev–Trinajstić information content (AvgIpc) is 3.49. The number of ketones is 1. The van der Waals surface area contributed by atoms with Crippen LogP contribution >= 0.6 is 0 Å². The van der Waals surface area contributed by atoms with Gasteiger partial charge in [0.05, 0.1) is 16.9 Å². The molecule has 180 valence electrons. The van der Waals surface area contributed by atoms with Gasteiger partial charge in [0.15, 0.2) is 5.78 Å². The topological polar surface area (TPSA) is 94.3 Å². The molecule has 1 unspecified atom stereocenters. The molecular formula is C28H23FN4O3. The minimum Gasteiger partial charge on any atom is -0.362 e. The Morgan fingerprint density at radius 2 is 1.92 bits per heavy atom. The molecule has 1 atom stereocenters.